The average Bonchev–Trinajstić information content (AvgIpc) is 2.21. The summed E-state index contributed by atoms with van der Waals surface area (Å²) in [5.41, 5.74) is 0. The van der Waals surface area contributed by atoms with Gasteiger partial charge in [-0.05, 0) is 27.9 Å². The summed E-state index contributed by atoms with van der Waals surface area (Å²) in [6.07, 6.45) is 0.0292. The highest BCUT2D eigenvalue weighted by Gasteiger charge is 2.21. The van der Waals surface area contributed by atoms with Crippen molar-refractivity contribution in [2.45, 2.75) is 26.0 Å². The molecule has 0 saturated carbocycles. The largest absolute Gasteiger partial charge is 0.480 e. The van der Waals surface area contributed by atoms with E-state index in [2.05, 4.69) is 0 Å². The summed E-state index contributed by atoms with van der Waals surface area (Å²) in [7, 11) is 5.60. The van der Waals surface area contributed by atoms with Crippen LogP contribution in [0.2, 0.25) is 0 Å². The van der Waals surface area contributed by atoms with Crippen molar-refractivity contribution in [3.8, 4) is 0 Å². The van der Waals surface area contributed by atoms with Crippen LogP contribution in [0.5, 0.6) is 0 Å². The van der Waals surface area contributed by atoms with Crippen molar-refractivity contribution in [1.29, 1.82) is 0 Å². The third-order valence-corrected chi connectivity index (χ3v) is 2.80. The summed E-state index contributed by atoms with van der Waals surface area (Å²) in [5.74, 6) is -0.797. The molecule has 5 heteroatoms. The molecule has 0 aliphatic heterocycles. The Morgan fingerprint density at radius 1 is 1.31 bits per heavy atom. The summed E-state index contributed by atoms with van der Waals surface area (Å²) in [6, 6.07) is 0.0982. The SMILES string of the molecule is COC(C)C(C)N(CCN(C)C)CC(=O)O. The predicted octanol–water partition coefficient (Wildman–Crippen LogP) is 0.358. The lowest BCUT2D eigenvalue weighted by Crippen LogP contribution is -2.46. The molecule has 2 unspecified atom stereocenters. The molecule has 1 N–H and O–H groups in total. The van der Waals surface area contributed by atoms with Crippen molar-refractivity contribution in [3.63, 3.8) is 0 Å². The van der Waals surface area contributed by atoms with Crippen molar-refractivity contribution in [3.05, 3.63) is 0 Å². The van der Waals surface area contributed by atoms with Crippen LogP contribution in [-0.4, -0.2) is 73.9 Å². The molecule has 0 aliphatic carbocycles. The minimum absolute atomic E-state index is 0.0292. The van der Waals surface area contributed by atoms with E-state index in [1.165, 1.54) is 0 Å². The number of nitrogens with zero attached hydrogens (tertiary/aromatic N) is 2. The molecule has 0 bridgehead atoms. The van der Waals surface area contributed by atoms with E-state index >= 15 is 0 Å². The lowest BCUT2D eigenvalue weighted by atomic mass is 10.1. The van der Waals surface area contributed by atoms with Crippen LogP contribution in [0.25, 0.3) is 0 Å². The maximum absolute atomic E-state index is 10.8. The van der Waals surface area contributed by atoms with Crippen LogP contribution in [0.1, 0.15) is 13.8 Å². The number of carboxylic acids is 1. The molecule has 2 atom stereocenters. The van der Waals surface area contributed by atoms with E-state index in [1.54, 1.807) is 7.11 Å². The van der Waals surface area contributed by atoms with Crippen LogP contribution in [0.15, 0.2) is 0 Å². The van der Waals surface area contributed by atoms with Gasteiger partial charge in [-0.15, -0.1) is 0 Å². The summed E-state index contributed by atoms with van der Waals surface area (Å²) >= 11 is 0. The summed E-state index contributed by atoms with van der Waals surface area (Å²) in [5, 5.41) is 8.86. The Kier molecular flexibility index (Phi) is 7.29. The van der Waals surface area contributed by atoms with Gasteiger partial charge in [-0.3, -0.25) is 9.69 Å². The molecule has 0 aromatic rings. The molecule has 0 amide bonds. The molecule has 0 aromatic heterocycles. The lowest BCUT2D eigenvalue weighted by molar-refractivity contribution is -0.139. The fraction of sp³-hybridized carbons (Fsp3) is 0.909. The van der Waals surface area contributed by atoms with E-state index in [1.807, 2.05) is 37.7 Å². The zero-order valence-electron chi connectivity index (χ0n) is 10.9. The zero-order chi connectivity index (χ0) is 12.7. The number of carboxylic acid groups (broad SMARTS) is 1. The van der Waals surface area contributed by atoms with Crippen molar-refractivity contribution in [2.75, 3.05) is 40.8 Å². The van der Waals surface area contributed by atoms with Gasteiger partial charge in [-0.25, -0.2) is 0 Å². The number of hydrogen-bond acceptors (Lipinski definition) is 4. The fourth-order valence-corrected chi connectivity index (χ4v) is 1.42. The Bertz CT molecular complexity index is 209. The van der Waals surface area contributed by atoms with Gasteiger partial charge < -0.3 is 14.7 Å². The second-order valence-corrected chi connectivity index (χ2v) is 4.35. The van der Waals surface area contributed by atoms with Gasteiger partial charge >= 0.3 is 5.97 Å². The van der Waals surface area contributed by atoms with Gasteiger partial charge in [0.2, 0.25) is 0 Å². The van der Waals surface area contributed by atoms with Crippen LogP contribution in [0.3, 0.4) is 0 Å². The molecular weight excluding hydrogens is 208 g/mol. The Labute approximate surface area is 98.0 Å². The molecule has 5 nitrogen and oxygen atoms in total. The molecule has 0 radical (unpaired) electrons. The van der Waals surface area contributed by atoms with E-state index in [9.17, 15) is 4.79 Å². The van der Waals surface area contributed by atoms with Crippen molar-refractivity contribution < 1.29 is 14.6 Å². The Hall–Kier alpha value is -0.650. The van der Waals surface area contributed by atoms with E-state index in [0.717, 1.165) is 13.1 Å². The Morgan fingerprint density at radius 2 is 1.88 bits per heavy atom. The smallest absolute Gasteiger partial charge is 0.317 e. The number of likely N-dealkylation sites (N-methyl/N-ethyl adjacent to an activating group) is 1. The maximum Gasteiger partial charge on any atom is 0.317 e. The number of aliphatic carboxylic acids is 1. The van der Waals surface area contributed by atoms with Crippen LogP contribution < -0.4 is 0 Å². The third kappa shape index (κ3) is 6.05. The molecule has 0 aliphatic rings. The van der Waals surface area contributed by atoms with E-state index in [-0.39, 0.29) is 18.7 Å². The highest BCUT2D eigenvalue weighted by Crippen LogP contribution is 2.06. The number of rotatable bonds is 8. The molecule has 96 valence electrons. The fourth-order valence-electron chi connectivity index (χ4n) is 1.42. The number of hydrogen-bond donors (Lipinski definition) is 1. The third-order valence-electron chi connectivity index (χ3n) is 2.80. The van der Waals surface area contributed by atoms with Gasteiger partial charge in [-0.2, -0.15) is 0 Å². The van der Waals surface area contributed by atoms with Crippen LogP contribution in [0, 0.1) is 0 Å². The van der Waals surface area contributed by atoms with Gasteiger partial charge in [0.05, 0.1) is 12.6 Å². The van der Waals surface area contributed by atoms with Crippen LogP contribution in [-0.2, 0) is 9.53 Å². The minimum atomic E-state index is -0.797. The molecule has 0 fully saturated rings. The number of methoxy groups -OCH3 is 1. The summed E-state index contributed by atoms with van der Waals surface area (Å²) in [6.45, 7) is 5.58. The number of ether oxygens (including phenoxy) is 1. The molecule has 0 aromatic carbocycles. The van der Waals surface area contributed by atoms with Gasteiger partial charge in [-0.1, -0.05) is 0 Å². The van der Waals surface area contributed by atoms with Crippen LogP contribution >= 0.6 is 0 Å². The van der Waals surface area contributed by atoms with E-state index in [0.29, 0.717) is 0 Å². The molecule has 0 saturated heterocycles. The highest BCUT2D eigenvalue weighted by molar-refractivity contribution is 5.69. The zero-order valence-corrected chi connectivity index (χ0v) is 10.9. The number of carbonyl (C=O) groups is 1. The molecule has 0 spiro atoms. The van der Waals surface area contributed by atoms with Crippen molar-refractivity contribution in [1.82, 2.24) is 9.80 Å². The van der Waals surface area contributed by atoms with Gasteiger partial charge in [0.1, 0.15) is 0 Å². The van der Waals surface area contributed by atoms with Crippen LogP contribution in [0.4, 0.5) is 0 Å². The van der Waals surface area contributed by atoms with Gasteiger partial charge in [0.25, 0.3) is 0 Å². The first kappa shape index (κ1) is 15.3. The first-order valence-electron chi connectivity index (χ1n) is 5.51. The van der Waals surface area contributed by atoms with Crippen molar-refractivity contribution in [2.24, 2.45) is 0 Å². The first-order valence-corrected chi connectivity index (χ1v) is 5.51. The quantitative estimate of drug-likeness (QED) is 0.655. The van der Waals surface area contributed by atoms with Gasteiger partial charge in [0.15, 0.2) is 0 Å². The summed E-state index contributed by atoms with van der Waals surface area (Å²) < 4.78 is 5.23. The molecule has 16 heavy (non-hydrogen) atoms. The second-order valence-electron chi connectivity index (χ2n) is 4.35. The minimum Gasteiger partial charge on any atom is -0.480 e. The van der Waals surface area contributed by atoms with Gasteiger partial charge in [0, 0.05) is 26.2 Å². The first-order chi connectivity index (χ1) is 7.38. The van der Waals surface area contributed by atoms with Crippen molar-refractivity contribution >= 4 is 5.97 Å². The molecule has 0 heterocycles. The highest BCUT2D eigenvalue weighted by atomic mass is 16.5. The van der Waals surface area contributed by atoms with E-state index in [4.69, 9.17) is 9.84 Å². The second kappa shape index (κ2) is 7.60. The Morgan fingerprint density at radius 3 is 2.25 bits per heavy atom. The normalized spacial score (nSPS) is 15.4. The monoisotopic (exact) mass is 232 g/mol. The maximum atomic E-state index is 10.8. The summed E-state index contributed by atoms with van der Waals surface area (Å²) in [4.78, 5) is 14.7. The van der Waals surface area contributed by atoms with E-state index < -0.39 is 5.97 Å². The standard InChI is InChI=1S/C11H24N2O3/c1-9(10(2)16-5)13(8-11(14)15)7-6-12(3)4/h9-10H,6-8H2,1-5H3,(H,14,15). The predicted molar refractivity (Wildman–Crippen MR) is 63.7 cm³/mol. The Balaban J connectivity index is 4.34. The molecule has 0 rings (SSSR count). The average molecular weight is 232 g/mol. The lowest BCUT2D eigenvalue weighted by Gasteiger charge is -2.31. The molecular formula is C11H24N2O3. The topological polar surface area (TPSA) is 53.0 Å².